The van der Waals surface area contributed by atoms with Crippen molar-refractivity contribution < 1.29 is 4.79 Å². The van der Waals surface area contributed by atoms with Crippen molar-refractivity contribution in [1.29, 1.82) is 0 Å². The van der Waals surface area contributed by atoms with E-state index in [0.717, 1.165) is 29.8 Å². The van der Waals surface area contributed by atoms with Gasteiger partial charge in [-0.05, 0) is 41.3 Å². The molecule has 0 saturated carbocycles. The van der Waals surface area contributed by atoms with Gasteiger partial charge in [-0.2, -0.15) is 0 Å². The predicted molar refractivity (Wildman–Crippen MR) is 93.7 cm³/mol. The molecule has 3 aromatic carbocycles. The standard InChI is InChI=1S/C21H17NO/c23-21-20-9-5-4-8-18(20)14-15-22(21)19-12-10-17(11-13-19)16-6-2-1-3-7-16/h1-13H,14-15H2. The normalized spacial score (nSPS) is 13.7. The van der Waals surface area contributed by atoms with Crippen molar-refractivity contribution in [2.24, 2.45) is 0 Å². The van der Waals surface area contributed by atoms with Gasteiger partial charge in [-0.15, -0.1) is 0 Å². The Morgan fingerprint density at radius 2 is 1.35 bits per heavy atom. The van der Waals surface area contributed by atoms with Crippen molar-refractivity contribution in [1.82, 2.24) is 0 Å². The number of fused-ring (bicyclic) bond motifs is 1. The number of carbonyl (C=O) groups is 1. The molecule has 4 rings (SSSR count). The monoisotopic (exact) mass is 299 g/mol. The first-order valence-corrected chi connectivity index (χ1v) is 7.88. The lowest BCUT2D eigenvalue weighted by atomic mass is 9.98. The van der Waals surface area contributed by atoms with E-state index < -0.39 is 0 Å². The molecular weight excluding hydrogens is 282 g/mol. The van der Waals surface area contributed by atoms with Gasteiger partial charge in [0.1, 0.15) is 0 Å². The van der Waals surface area contributed by atoms with E-state index in [4.69, 9.17) is 0 Å². The second kappa shape index (κ2) is 5.73. The number of hydrogen-bond donors (Lipinski definition) is 0. The van der Waals surface area contributed by atoms with Crippen molar-refractivity contribution in [2.45, 2.75) is 6.42 Å². The third kappa shape index (κ3) is 2.53. The van der Waals surface area contributed by atoms with E-state index in [2.05, 4.69) is 24.3 Å². The van der Waals surface area contributed by atoms with Crippen LogP contribution < -0.4 is 4.90 Å². The Morgan fingerprint density at radius 3 is 2.13 bits per heavy atom. The van der Waals surface area contributed by atoms with Gasteiger partial charge in [0.2, 0.25) is 0 Å². The van der Waals surface area contributed by atoms with Crippen LogP contribution in [0.5, 0.6) is 0 Å². The van der Waals surface area contributed by atoms with Gasteiger partial charge in [-0.1, -0.05) is 60.7 Å². The fraction of sp³-hybridized carbons (Fsp3) is 0.0952. The number of benzene rings is 3. The molecule has 0 aliphatic carbocycles. The molecule has 0 N–H and O–H groups in total. The summed E-state index contributed by atoms with van der Waals surface area (Å²) in [7, 11) is 0. The Kier molecular flexibility index (Phi) is 3.43. The van der Waals surface area contributed by atoms with Gasteiger partial charge in [-0.3, -0.25) is 4.79 Å². The zero-order valence-corrected chi connectivity index (χ0v) is 12.8. The van der Waals surface area contributed by atoms with E-state index in [1.165, 1.54) is 11.1 Å². The fourth-order valence-corrected chi connectivity index (χ4v) is 3.14. The van der Waals surface area contributed by atoms with Crippen LogP contribution in [-0.4, -0.2) is 12.5 Å². The fourth-order valence-electron chi connectivity index (χ4n) is 3.14. The van der Waals surface area contributed by atoms with Crippen molar-refractivity contribution in [3.63, 3.8) is 0 Å². The molecule has 0 radical (unpaired) electrons. The molecule has 0 bridgehead atoms. The zero-order chi connectivity index (χ0) is 15.6. The maximum Gasteiger partial charge on any atom is 0.258 e. The lowest BCUT2D eigenvalue weighted by Crippen LogP contribution is -2.37. The Morgan fingerprint density at radius 1 is 0.696 bits per heavy atom. The first-order chi connectivity index (χ1) is 11.3. The Bertz CT molecular complexity index is 837. The highest BCUT2D eigenvalue weighted by Crippen LogP contribution is 2.27. The van der Waals surface area contributed by atoms with Gasteiger partial charge in [0.15, 0.2) is 0 Å². The third-order valence-corrected chi connectivity index (χ3v) is 4.38. The first-order valence-electron chi connectivity index (χ1n) is 7.88. The largest absolute Gasteiger partial charge is 0.308 e. The van der Waals surface area contributed by atoms with E-state index in [0.29, 0.717) is 0 Å². The number of nitrogens with zero attached hydrogens (tertiary/aromatic N) is 1. The topological polar surface area (TPSA) is 20.3 Å². The maximum absolute atomic E-state index is 12.7. The molecule has 1 aliphatic rings. The molecule has 2 nitrogen and oxygen atoms in total. The Labute approximate surface area is 136 Å². The van der Waals surface area contributed by atoms with Gasteiger partial charge in [0, 0.05) is 17.8 Å². The van der Waals surface area contributed by atoms with Crippen LogP contribution in [0.2, 0.25) is 0 Å². The average Bonchev–Trinajstić information content (AvgIpc) is 2.63. The van der Waals surface area contributed by atoms with E-state index >= 15 is 0 Å². The third-order valence-electron chi connectivity index (χ3n) is 4.38. The summed E-state index contributed by atoms with van der Waals surface area (Å²) in [5.74, 6) is 0.0966. The van der Waals surface area contributed by atoms with Crippen LogP contribution in [0.1, 0.15) is 15.9 Å². The number of rotatable bonds is 2. The van der Waals surface area contributed by atoms with Crippen molar-refractivity contribution in [3.05, 3.63) is 90.0 Å². The molecule has 0 spiro atoms. The van der Waals surface area contributed by atoms with Crippen LogP contribution in [0.4, 0.5) is 5.69 Å². The lowest BCUT2D eigenvalue weighted by Gasteiger charge is -2.28. The highest BCUT2D eigenvalue weighted by Gasteiger charge is 2.24. The van der Waals surface area contributed by atoms with E-state index in [1.54, 1.807) is 0 Å². The van der Waals surface area contributed by atoms with E-state index in [1.807, 2.05) is 59.5 Å². The summed E-state index contributed by atoms with van der Waals surface area (Å²) in [4.78, 5) is 14.6. The molecule has 2 heteroatoms. The quantitative estimate of drug-likeness (QED) is 0.679. The summed E-state index contributed by atoms with van der Waals surface area (Å²) in [6.07, 6.45) is 0.905. The van der Waals surface area contributed by atoms with E-state index in [9.17, 15) is 4.79 Å². The van der Waals surface area contributed by atoms with Crippen LogP contribution in [-0.2, 0) is 6.42 Å². The molecule has 1 aliphatic heterocycles. The van der Waals surface area contributed by atoms with Gasteiger partial charge in [0.25, 0.3) is 5.91 Å². The highest BCUT2D eigenvalue weighted by atomic mass is 16.2. The molecule has 23 heavy (non-hydrogen) atoms. The summed E-state index contributed by atoms with van der Waals surface area (Å²) in [5.41, 5.74) is 5.29. The molecule has 0 fully saturated rings. The van der Waals surface area contributed by atoms with Crippen LogP contribution in [0.3, 0.4) is 0 Å². The van der Waals surface area contributed by atoms with Gasteiger partial charge in [-0.25, -0.2) is 0 Å². The van der Waals surface area contributed by atoms with Crippen molar-refractivity contribution in [3.8, 4) is 11.1 Å². The molecule has 0 unspecified atom stereocenters. The van der Waals surface area contributed by atoms with Gasteiger partial charge in [0.05, 0.1) is 0 Å². The minimum absolute atomic E-state index is 0.0966. The van der Waals surface area contributed by atoms with Crippen LogP contribution in [0.25, 0.3) is 11.1 Å². The Hall–Kier alpha value is -2.87. The smallest absolute Gasteiger partial charge is 0.258 e. The molecule has 0 saturated heterocycles. The van der Waals surface area contributed by atoms with Gasteiger partial charge < -0.3 is 4.90 Å². The number of hydrogen-bond acceptors (Lipinski definition) is 1. The minimum Gasteiger partial charge on any atom is -0.308 e. The van der Waals surface area contributed by atoms with Crippen LogP contribution >= 0.6 is 0 Å². The molecule has 0 atom stereocenters. The zero-order valence-electron chi connectivity index (χ0n) is 12.8. The summed E-state index contributed by atoms with van der Waals surface area (Å²) in [5, 5.41) is 0. The van der Waals surface area contributed by atoms with Crippen molar-refractivity contribution >= 4 is 11.6 Å². The van der Waals surface area contributed by atoms with Crippen LogP contribution in [0.15, 0.2) is 78.9 Å². The molecule has 1 amide bonds. The van der Waals surface area contributed by atoms with E-state index in [-0.39, 0.29) is 5.91 Å². The summed E-state index contributed by atoms with van der Waals surface area (Å²) < 4.78 is 0. The second-order valence-electron chi connectivity index (χ2n) is 5.78. The summed E-state index contributed by atoms with van der Waals surface area (Å²) in [6.45, 7) is 0.737. The molecule has 1 heterocycles. The Balaban J connectivity index is 1.63. The van der Waals surface area contributed by atoms with Crippen molar-refractivity contribution in [2.75, 3.05) is 11.4 Å². The number of amides is 1. The van der Waals surface area contributed by atoms with Gasteiger partial charge >= 0.3 is 0 Å². The average molecular weight is 299 g/mol. The summed E-state index contributed by atoms with van der Waals surface area (Å²) in [6, 6.07) is 26.4. The first kappa shape index (κ1) is 13.8. The minimum atomic E-state index is 0.0966. The second-order valence-corrected chi connectivity index (χ2v) is 5.78. The molecule has 0 aromatic heterocycles. The molecule has 3 aromatic rings. The maximum atomic E-state index is 12.7. The highest BCUT2D eigenvalue weighted by molar-refractivity contribution is 6.08. The predicted octanol–water partition coefficient (Wildman–Crippen LogP) is 4.56. The molecular formula is C21H17NO. The number of carbonyl (C=O) groups excluding carboxylic acids is 1. The SMILES string of the molecule is O=C1c2ccccc2CCN1c1ccc(-c2ccccc2)cc1. The summed E-state index contributed by atoms with van der Waals surface area (Å²) >= 11 is 0. The number of anilines is 1. The van der Waals surface area contributed by atoms with Crippen LogP contribution in [0, 0.1) is 0 Å². The lowest BCUT2D eigenvalue weighted by molar-refractivity contribution is 0.0980. The molecule has 112 valence electrons.